The lowest BCUT2D eigenvalue weighted by atomic mass is 10.0. The molecule has 1 aliphatic rings. The molecule has 0 spiro atoms. The summed E-state index contributed by atoms with van der Waals surface area (Å²) < 4.78 is 19.2. The van der Waals surface area contributed by atoms with E-state index < -0.39 is 30.2 Å². The Morgan fingerprint density at radius 3 is 2.44 bits per heavy atom. The van der Waals surface area contributed by atoms with Crippen molar-refractivity contribution < 1.29 is 23.2 Å². The maximum atomic E-state index is 14.2. The lowest BCUT2D eigenvalue weighted by Gasteiger charge is -2.32. The van der Waals surface area contributed by atoms with E-state index in [9.17, 15) is 18.8 Å². The van der Waals surface area contributed by atoms with E-state index in [2.05, 4.69) is 10.6 Å². The van der Waals surface area contributed by atoms with Crippen molar-refractivity contribution in [1.82, 2.24) is 10.6 Å². The zero-order valence-electron chi connectivity index (χ0n) is 18.6. The van der Waals surface area contributed by atoms with Crippen LogP contribution in [0, 0.1) is 5.82 Å². The van der Waals surface area contributed by atoms with Crippen molar-refractivity contribution in [3.63, 3.8) is 0 Å². The van der Waals surface area contributed by atoms with E-state index in [1.54, 1.807) is 36.4 Å². The normalized spacial score (nSPS) is 14.4. The first-order valence-electron chi connectivity index (χ1n) is 11.3. The standard InChI is InChI=1S/C26H26FN3O4/c27-19-10-6-13-21(16-19)30(23(31)17-28-25(32)22-14-7-15-34-22)24(18-8-2-1-3-9-18)26(33)29-20-11-4-5-12-20/h1-3,6-10,13-16,20,24H,4-5,11-12,17H2,(H,28,32)(H,29,33). The van der Waals surface area contributed by atoms with Crippen LogP contribution in [0.2, 0.25) is 0 Å². The second kappa shape index (κ2) is 10.8. The third-order valence-electron chi connectivity index (χ3n) is 5.82. The summed E-state index contributed by atoms with van der Waals surface area (Å²) in [5.41, 5.74) is 0.792. The van der Waals surface area contributed by atoms with Gasteiger partial charge in [0.15, 0.2) is 5.76 Å². The molecule has 4 rings (SSSR count). The molecular formula is C26H26FN3O4. The molecule has 8 heteroatoms. The second-order valence-corrected chi connectivity index (χ2v) is 8.21. The van der Waals surface area contributed by atoms with Crippen molar-refractivity contribution in [1.29, 1.82) is 0 Å². The smallest absolute Gasteiger partial charge is 0.287 e. The minimum atomic E-state index is -1.04. The van der Waals surface area contributed by atoms with Gasteiger partial charge < -0.3 is 15.1 Å². The molecule has 0 radical (unpaired) electrons. The monoisotopic (exact) mass is 463 g/mol. The summed E-state index contributed by atoms with van der Waals surface area (Å²) in [6.07, 6.45) is 5.17. The van der Waals surface area contributed by atoms with Crippen molar-refractivity contribution in [2.75, 3.05) is 11.4 Å². The van der Waals surface area contributed by atoms with Crippen LogP contribution in [0.15, 0.2) is 77.4 Å². The Hall–Kier alpha value is -3.94. The van der Waals surface area contributed by atoms with E-state index in [0.29, 0.717) is 5.56 Å². The molecule has 0 saturated heterocycles. The topological polar surface area (TPSA) is 91.7 Å². The molecule has 1 saturated carbocycles. The zero-order chi connectivity index (χ0) is 23.9. The number of benzene rings is 2. The zero-order valence-corrected chi connectivity index (χ0v) is 18.6. The Morgan fingerprint density at radius 2 is 1.76 bits per heavy atom. The molecule has 2 aromatic carbocycles. The number of amides is 3. The van der Waals surface area contributed by atoms with Crippen LogP contribution in [-0.2, 0) is 9.59 Å². The number of anilines is 1. The summed E-state index contributed by atoms with van der Waals surface area (Å²) in [7, 11) is 0. The minimum Gasteiger partial charge on any atom is -0.459 e. The molecule has 1 unspecified atom stereocenters. The third kappa shape index (κ3) is 5.51. The number of halogens is 1. The highest BCUT2D eigenvalue weighted by atomic mass is 19.1. The van der Waals surface area contributed by atoms with Crippen molar-refractivity contribution in [2.24, 2.45) is 0 Å². The van der Waals surface area contributed by atoms with Crippen molar-refractivity contribution in [3.8, 4) is 0 Å². The number of carbonyl (C=O) groups is 3. The van der Waals surface area contributed by atoms with E-state index in [-0.39, 0.29) is 23.4 Å². The number of nitrogens with zero attached hydrogens (tertiary/aromatic N) is 1. The van der Waals surface area contributed by atoms with Crippen LogP contribution in [0.4, 0.5) is 10.1 Å². The molecule has 34 heavy (non-hydrogen) atoms. The number of hydrogen-bond donors (Lipinski definition) is 2. The van der Waals surface area contributed by atoms with Crippen LogP contribution < -0.4 is 15.5 Å². The first-order chi connectivity index (χ1) is 16.5. The van der Waals surface area contributed by atoms with E-state index in [1.165, 1.54) is 35.4 Å². The first-order valence-corrected chi connectivity index (χ1v) is 11.3. The van der Waals surface area contributed by atoms with Gasteiger partial charge in [-0.25, -0.2) is 4.39 Å². The van der Waals surface area contributed by atoms with Gasteiger partial charge in [-0.05, 0) is 48.7 Å². The number of rotatable bonds is 8. The molecule has 1 aromatic heterocycles. The molecule has 3 aromatic rings. The van der Waals surface area contributed by atoms with Crippen LogP contribution in [0.1, 0.15) is 47.8 Å². The number of hydrogen-bond acceptors (Lipinski definition) is 4. The molecule has 0 aliphatic heterocycles. The maximum Gasteiger partial charge on any atom is 0.287 e. The van der Waals surface area contributed by atoms with E-state index in [4.69, 9.17) is 4.42 Å². The fourth-order valence-corrected chi connectivity index (χ4v) is 4.20. The fourth-order valence-electron chi connectivity index (χ4n) is 4.20. The molecule has 1 atom stereocenters. The minimum absolute atomic E-state index is 0.0295. The summed E-state index contributed by atoms with van der Waals surface area (Å²) in [4.78, 5) is 40.5. The van der Waals surface area contributed by atoms with Gasteiger partial charge in [0.1, 0.15) is 11.9 Å². The molecule has 7 nitrogen and oxygen atoms in total. The average molecular weight is 464 g/mol. The van der Waals surface area contributed by atoms with Gasteiger partial charge in [-0.1, -0.05) is 49.2 Å². The van der Waals surface area contributed by atoms with Crippen LogP contribution in [0.5, 0.6) is 0 Å². The summed E-state index contributed by atoms with van der Waals surface area (Å²) in [5, 5.41) is 5.57. The molecule has 176 valence electrons. The lowest BCUT2D eigenvalue weighted by molar-refractivity contribution is -0.126. The SMILES string of the molecule is O=C(NCC(=O)N(c1cccc(F)c1)C(C(=O)NC1CCCC1)c1ccccc1)c1ccco1. The van der Waals surface area contributed by atoms with Gasteiger partial charge in [0.05, 0.1) is 12.8 Å². The van der Waals surface area contributed by atoms with Crippen molar-refractivity contribution in [2.45, 2.75) is 37.8 Å². The van der Waals surface area contributed by atoms with E-state index in [0.717, 1.165) is 25.7 Å². The Balaban J connectivity index is 1.66. The second-order valence-electron chi connectivity index (χ2n) is 8.21. The molecule has 3 amide bonds. The van der Waals surface area contributed by atoms with Gasteiger partial charge in [0.25, 0.3) is 5.91 Å². The Kier molecular flexibility index (Phi) is 7.37. The van der Waals surface area contributed by atoms with Crippen LogP contribution >= 0.6 is 0 Å². The molecular weight excluding hydrogens is 437 g/mol. The van der Waals surface area contributed by atoms with E-state index >= 15 is 0 Å². The first kappa shape index (κ1) is 23.2. The quantitative estimate of drug-likeness (QED) is 0.529. The highest BCUT2D eigenvalue weighted by Gasteiger charge is 2.34. The van der Waals surface area contributed by atoms with Crippen molar-refractivity contribution in [3.05, 3.63) is 90.1 Å². The Morgan fingerprint density at radius 1 is 1.00 bits per heavy atom. The highest BCUT2D eigenvalue weighted by Crippen LogP contribution is 2.29. The Labute approximate surface area is 196 Å². The van der Waals surface area contributed by atoms with Crippen molar-refractivity contribution >= 4 is 23.4 Å². The predicted octanol–water partition coefficient (Wildman–Crippen LogP) is 3.98. The maximum absolute atomic E-state index is 14.2. The summed E-state index contributed by atoms with van der Waals surface area (Å²) in [5.74, 6) is -1.97. The molecule has 1 fully saturated rings. The average Bonchev–Trinajstić information content (AvgIpc) is 3.56. The highest BCUT2D eigenvalue weighted by molar-refractivity contribution is 6.04. The number of nitrogens with one attached hydrogen (secondary N) is 2. The van der Waals surface area contributed by atoms with Crippen LogP contribution in [-0.4, -0.2) is 30.3 Å². The lowest BCUT2D eigenvalue weighted by Crippen LogP contribution is -2.49. The largest absolute Gasteiger partial charge is 0.459 e. The van der Waals surface area contributed by atoms with Gasteiger partial charge in [-0.15, -0.1) is 0 Å². The summed E-state index contributed by atoms with van der Waals surface area (Å²) in [6.45, 7) is -0.407. The van der Waals surface area contributed by atoms with Gasteiger partial charge in [-0.3, -0.25) is 19.3 Å². The van der Waals surface area contributed by atoms with Gasteiger partial charge in [-0.2, -0.15) is 0 Å². The van der Waals surface area contributed by atoms with Crippen LogP contribution in [0.25, 0.3) is 0 Å². The Bertz CT molecular complexity index is 1130. The fraction of sp³-hybridized carbons (Fsp3) is 0.269. The van der Waals surface area contributed by atoms with Gasteiger partial charge in [0.2, 0.25) is 11.8 Å². The summed E-state index contributed by atoms with van der Waals surface area (Å²) in [6, 6.07) is 16.4. The van der Waals surface area contributed by atoms with Gasteiger partial charge in [0, 0.05) is 11.7 Å². The molecule has 1 heterocycles. The molecule has 1 aliphatic carbocycles. The number of carbonyl (C=O) groups excluding carboxylic acids is 3. The van der Waals surface area contributed by atoms with Crippen LogP contribution in [0.3, 0.4) is 0 Å². The molecule has 0 bridgehead atoms. The predicted molar refractivity (Wildman–Crippen MR) is 125 cm³/mol. The van der Waals surface area contributed by atoms with E-state index in [1.807, 2.05) is 6.07 Å². The summed E-state index contributed by atoms with van der Waals surface area (Å²) >= 11 is 0. The third-order valence-corrected chi connectivity index (χ3v) is 5.82. The molecule has 2 N–H and O–H groups in total. The van der Waals surface area contributed by atoms with Gasteiger partial charge >= 0.3 is 0 Å². The number of furan rings is 1.